The van der Waals surface area contributed by atoms with Crippen LogP contribution in [0, 0.1) is 0 Å². The molecule has 0 saturated heterocycles. The first-order valence-electron chi connectivity index (χ1n) is 8.05. The number of hydrogen-bond donors (Lipinski definition) is 1. The van der Waals surface area contributed by atoms with Crippen molar-refractivity contribution in [1.82, 2.24) is 0 Å². The summed E-state index contributed by atoms with van der Waals surface area (Å²) < 4.78 is 21.5. The average molecular weight is 355 g/mol. The van der Waals surface area contributed by atoms with Gasteiger partial charge in [0.25, 0.3) is 0 Å². The second kappa shape index (κ2) is 7.39. The number of methoxy groups -OCH3 is 4. The summed E-state index contributed by atoms with van der Waals surface area (Å²) in [5.41, 5.74) is 4.10. The van der Waals surface area contributed by atoms with Crippen molar-refractivity contribution >= 4 is 17.9 Å². The third-order valence-electron chi connectivity index (χ3n) is 4.43. The first-order chi connectivity index (χ1) is 12.6. The van der Waals surface area contributed by atoms with Crippen molar-refractivity contribution in [1.29, 1.82) is 0 Å². The lowest BCUT2D eigenvalue weighted by molar-refractivity contribution is 0.318. The number of benzene rings is 2. The van der Waals surface area contributed by atoms with E-state index in [0.29, 0.717) is 35.1 Å². The first-order valence-corrected chi connectivity index (χ1v) is 8.05. The second-order valence-electron chi connectivity index (χ2n) is 5.76. The molecule has 0 atom stereocenters. The van der Waals surface area contributed by atoms with Crippen LogP contribution in [0.15, 0.2) is 29.4 Å². The van der Waals surface area contributed by atoms with Gasteiger partial charge < -0.3 is 24.2 Å². The molecule has 0 fully saturated rings. The molecule has 0 amide bonds. The van der Waals surface area contributed by atoms with Crippen molar-refractivity contribution in [3.63, 3.8) is 0 Å². The summed E-state index contributed by atoms with van der Waals surface area (Å²) in [6.45, 7) is 0. The number of ether oxygens (including phenoxy) is 4. The average Bonchev–Trinajstić information content (AvgIpc) is 2.68. The zero-order chi connectivity index (χ0) is 18.7. The van der Waals surface area contributed by atoms with E-state index in [1.54, 1.807) is 28.4 Å². The second-order valence-corrected chi connectivity index (χ2v) is 5.76. The Morgan fingerprint density at radius 3 is 1.81 bits per heavy atom. The molecule has 0 aliphatic heterocycles. The van der Waals surface area contributed by atoms with Crippen LogP contribution in [0.3, 0.4) is 0 Å². The molecule has 0 radical (unpaired) electrons. The standard InChI is InChI=1S/C20H21NO5/c1-23-17-8-12-5-6-13-9-18(24-2)20(26-4)11-15(13)16(21-22)7-14(12)10-19(17)25-3/h5-6,8-11,22H,7H2,1-4H3. The highest BCUT2D eigenvalue weighted by Crippen LogP contribution is 2.36. The first kappa shape index (κ1) is 17.7. The van der Waals surface area contributed by atoms with Crippen LogP contribution in [0.1, 0.15) is 22.3 Å². The van der Waals surface area contributed by atoms with E-state index in [9.17, 15) is 5.21 Å². The number of nitrogens with zero attached hydrogens (tertiary/aromatic N) is 1. The Kier molecular flexibility index (Phi) is 5.02. The molecule has 2 aromatic carbocycles. The van der Waals surface area contributed by atoms with Gasteiger partial charge in [-0.3, -0.25) is 0 Å². The molecular formula is C20H21NO5. The lowest BCUT2D eigenvalue weighted by Crippen LogP contribution is -2.11. The van der Waals surface area contributed by atoms with Gasteiger partial charge in [0.05, 0.1) is 34.2 Å². The third kappa shape index (κ3) is 3.06. The summed E-state index contributed by atoms with van der Waals surface area (Å²) in [7, 11) is 6.36. The monoisotopic (exact) mass is 355 g/mol. The van der Waals surface area contributed by atoms with E-state index in [0.717, 1.165) is 22.3 Å². The van der Waals surface area contributed by atoms with Gasteiger partial charge in [0.2, 0.25) is 0 Å². The van der Waals surface area contributed by atoms with Gasteiger partial charge in [0, 0.05) is 12.0 Å². The summed E-state index contributed by atoms with van der Waals surface area (Å²) in [6.07, 6.45) is 4.38. The lowest BCUT2D eigenvalue weighted by atomic mass is 9.91. The Bertz CT molecular complexity index is 886. The highest BCUT2D eigenvalue weighted by atomic mass is 16.5. The summed E-state index contributed by atoms with van der Waals surface area (Å²) in [5, 5.41) is 13.2. The Morgan fingerprint density at radius 1 is 0.731 bits per heavy atom. The molecular weight excluding hydrogens is 334 g/mol. The minimum absolute atomic E-state index is 0.430. The maximum atomic E-state index is 9.63. The van der Waals surface area contributed by atoms with Crippen LogP contribution in [0.25, 0.3) is 12.2 Å². The van der Waals surface area contributed by atoms with Gasteiger partial charge >= 0.3 is 0 Å². The van der Waals surface area contributed by atoms with E-state index in [1.807, 2.05) is 36.4 Å². The molecule has 26 heavy (non-hydrogen) atoms. The zero-order valence-electron chi connectivity index (χ0n) is 15.2. The fraction of sp³-hybridized carbons (Fsp3) is 0.250. The summed E-state index contributed by atoms with van der Waals surface area (Å²) >= 11 is 0. The summed E-state index contributed by atoms with van der Waals surface area (Å²) in [6, 6.07) is 7.49. The van der Waals surface area contributed by atoms with E-state index in [-0.39, 0.29) is 0 Å². The normalized spacial score (nSPS) is 14.1. The van der Waals surface area contributed by atoms with Crippen LogP contribution in [-0.4, -0.2) is 39.4 Å². The van der Waals surface area contributed by atoms with Gasteiger partial charge in [-0.15, -0.1) is 0 Å². The Hall–Kier alpha value is -3.15. The van der Waals surface area contributed by atoms with Gasteiger partial charge in [0.15, 0.2) is 23.0 Å². The lowest BCUT2D eigenvalue weighted by Gasteiger charge is -2.18. The fourth-order valence-corrected chi connectivity index (χ4v) is 3.07. The molecule has 2 aromatic rings. The molecule has 0 aromatic heterocycles. The van der Waals surface area contributed by atoms with Crippen LogP contribution >= 0.6 is 0 Å². The predicted molar refractivity (Wildman–Crippen MR) is 100 cm³/mol. The summed E-state index contributed by atoms with van der Waals surface area (Å²) in [4.78, 5) is 0. The quantitative estimate of drug-likeness (QED) is 0.670. The molecule has 0 unspecified atom stereocenters. The fourth-order valence-electron chi connectivity index (χ4n) is 3.07. The Balaban J connectivity index is 2.21. The van der Waals surface area contributed by atoms with Crippen molar-refractivity contribution in [2.45, 2.75) is 6.42 Å². The molecule has 1 N–H and O–H groups in total. The van der Waals surface area contributed by atoms with Gasteiger partial charge in [-0.1, -0.05) is 17.3 Å². The van der Waals surface area contributed by atoms with Crippen LogP contribution in [0.2, 0.25) is 0 Å². The zero-order valence-corrected chi connectivity index (χ0v) is 15.2. The van der Waals surface area contributed by atoms with E-state index in [4.69, 9.17) is 18.9 Å². The van der Waals surface area contributed by atoms with Crippen molar-refractivity contribution in [3.05, 3.63) is 46.5 Å². The number of hydrogen-bond acceptors (Lipinski definition) is 6. The largest absolute Gasteiger partial charge is 0.493 e. The molecule has 6 nitrogen and oxygen atoms in total. The van der Waals surface area contributed by atoms with Crippen LogP contribution in [0.4, 0.5) is 0 Å². The van der Waals surface area contributed by atoms with E-state index >= 15 is 0 Å². The van der Waals surface area contributed by atoms with Gasteiger partial charge in [-0.2, -0.15) is 0 Å². The molecule has 3 rings (SSSR count). The van der Waals surface area contributed by atoms with E-state index in [2.05, 4.69) is 5.16 Å². The van der Waals surface area contributed by atoms with Crippen LogP contribution in [0.5, 0.6) is 23.0 Å². The van der Waals surface area contributed by atoms with Gasteiger partial charge in [-0.25, -0.2) is 0 Å². The molecule has 0 bridgehead atoms. The highest BCUT2D eigenvalue weighted by Gasteiger charge is 2.20. The highest BCUT2D eigenvalue weighted by molar-refractivity contribution is 6.06. The smallest absolute Gasteiger partial charge is 0.161 e. The molecule has 0 saturated carbocycles. The van der Waals surface area contributed by atoms with Crippen LogP contribution in [-0.2, 0) is 6.42 Å². The number of fused-ring (bicyclic) bond motifs is 2. The molecule has 6 heteroatoms. The Morgan fingerprint density at radius 2 is 1.23 bits per heavy atom. The maximum absolute atomic E-state index is 9.63. The third-order valence-corrected chi connectivity index (χ3v) is 4.43. The topological polar surface area (TPSA) is 69.5 Å². The molecule has 136 valence electrons. The minimum atomic E-state index is 0.430. The SMILES string of the molecule is COc1cc2c(cc1OC)CC(=NO)c1cc(OC)c(OC)cc1C=C2. The number of rotatable bonds is 4. The maximum Gasteiger partial charge on any atom is 0.161 e. The minimum Gasteiger partial charge on any atom is -0.493 e. The van der Waals surface area contributed by atoms with Gasteiger partial charge in [-0.05, 0) is 41.0 Å². The van der Waals surface area contributed by atoms with E-state index < -0.39 is 0 Å². The number of oxime groups is 1. The van der Waals surface area contributed by atoms with Crippen molar-refractivity contribution in [3.8, 4) is 23.0 Å². The molecule has 1 aliphatic carbocycles. The molecule has 1 aliphatic rings. The summed E-state index contributed by atoms with van der Waals surface area (Å²) in [5.74, 6) is 2.46. The molecule has 0 spiro atoms. The van der Waals surface area contributed by atoms with Crippen molar-refractivity contribution in [2.75, 3.05) is 28.4 Å². The van der Waals surface area contributed by atoms with Crippen molar-refractivity contribution in [2.24, 2.45) is 5.16 Å². The van der Waals surface area contributed by atoms with E-state index in [1.165, 1.54) is 0 Å². The molecule has 0 heterocycles. The Labute approximate surface area is 152 Å². The van der Waals surface area contributed by atoms with Crippen molar-refractivity contribution < 1.29 is 24.2 Å². The van der Waals surface area contributed by atoms with Gasteiger partial charge in [0.1, 0.15) is 0 Å². The van der Waals surface area contributed by atoms with Crippen LogP contribution < -0.4 is 18.9 Å². The predicted octanol–water partition coefficient (Wildman–Crippen LogP) is 3.63.